The van der Waals surface area contributed by atoms with Gasteiger partial charge in [-0.25, -0.2) is 9.67 Å². The standard InChI is InChI=1S/C28H32N4O3/c1-19-15-20(2)29-27-26(19)28(30-31(27)4)35-18-25(33)32(17-22-11-7-6-8-12-22)21(3)16-23-13-9-10-14-24(23)34-5/h6-15,21H,16-18H2,1-5H3. The van der Waals surface area contributed by atoms with Crippen molar-refractivity contribution < 1.29 is 14.3 Å². The molecule has 0 N–H and O–H groups in total. The monoisotopic (exact) mass is 472 g/mol. The van der Waals surface area contributed by atoms with Gasteiger partial charge in [0.05, 0.1) is 12.5 Å². The largest absolute Gasteiger partial charge is 0.496 e. The van der Waals surface area contributed by atoms with E-state index in [1.807, 2.05) is 86.5 Å². The zero-order valence-electron chi connectivity index (χ0n) is 21.0. The summed E-state index contributed by atoms with van der Waals surface area (Å²) < 4.78 is 13.2. The van der Waals surface area contributed by atoms with Gasteiger partial charge in [0.2, 0.25) is 5.88 Å². The average Bonchev–Trinajstić information content (AvgIpc) is 3.17. The Balaban J connectivity index is 1.56. The van der Waals surface area contributed by atoms with E-state index in [0.717, 1.165) is 39.2 Å². The number of amides is 1. The van der Waals surface area contributed by atoms with Crippen molar-refractivity contribution in [1.29, 1.82) is 0 Å². The molecular weight excluding hydrogens is 440 g/mol. The Morgan fingerprint density at radius 3 is 2.54 bits per heavy atom. The van der Waals surface area contributed by atoms with Crippen LogP contribution < -0.4 is 9.47 Å². The number of para-hydroxylation sites is 1. The maximum atomic E-state index is 13.5. The van der Waals surface area contributed by atoms with Crippen molar-refractivity contribution in [3.8, 4) is 11.6 Å². The van der Waals surface area contributed by atoms with Crippen molar-refractivity contribution in [2.45, 2.75) is 39.8 Å². The second kappa shape index (κ2) is 10.6. The van der Waals surface area contributed by atoms with Gasteiger partial charge in [-0.15, -0.1) is 5.10 Å². The van der Waals surface area contributed by atoms with Crippen LogP contribution in [0.25, 0.3) is 11.0 Å². The second-order valence-electron chi connectivity index (χ2n) is 8.87. The molecule has 1 unspecified atom stereocenters. The minimum atomic E-state index is -0.109. The average molecular weight is 473 g/mol. The molecule has 1 atom stereocenters. The zero-order chi connectivity index (χ0) is 24.9. The van der Waals surface area contributed by atoms with E-state index in [4.69, 9.17) is 9.47 Å². The Kier molecular flexibility index (Phi) is 7.34. The van der Waals surface area contributed by atoms with Crippen LogP contribution in [0.15, 0.2) is 60.7 Å². The third-order valence-electron chi connectivity index (χ3n) is 6.18. The van der Waals surface area contributed by atoms with Crippen LogP contribution in [-0.4, -0.2) is 45.3 Å². The number of aromatic nitrogens is 3. The third kappa shape index (κ3) is 5.45. The van der Waals surface area contributed by atoms with E-state index in [0.29, 0.717) is 18.8 Å². The van der Waals surface area contributed by atoms with Gasteiger partial charge in [0.25, 0.3) is 5.91 Å². The molecule has 2 aromatic heterocycles. The molecule has 1 amide bonds. The number of nitrogens with zero attached hydrogens (tertiary/aromatic N) is 4. The number of hydrogen-bond donors (Lipinski definition) is 0. The summed E-state index contributed by atoms with van der Waals surface area (Å²) in [6, 6.07) is 19.8. The molecule has 0 fully saturated rings. The predicted molar refractivity (Wildman–Crippen MR) is 137 cm³/mol. The van der Waals surface area contributed by atoms with Gasteiger partial charge in [-0.05, 0) is 56.0 Å². The van der Waals surface area contributed by atoms with E-state index in [1.54, 1.807) is 11.8 Å². The molecule has 7 nitrogen and oxygen atoms in total. The number of hydrogen-bond acceptors (Lipinski definition) is 5. The van der Waals surface area contributed by atoms with Crippen molar-refractivity contribution in [2.75, 3.05) is 13.7 Å². The SMILES string of the molecule is COc1ccccc1CC(C)N(Cc1ccccc1)C(=O)COc1nn(C)c2nc(C)cc(C)c12. The maximum absolute atomic E-state index is 13.5. The Labute approximate surface area is 206 Å². The number of ether oxygens (including phenoxy) is 2. The normalized spacial score (nSPS) is 11.9. The highest BCUT2D eigenvalue weighted by atomic mass is 16.5. The van der Waals surface area contributed by atoms with E-state index in [2.05, 4.69) is 17.0 Å². The van der Waals surface area contributed by atoms with E-state index < -0.39 is 0 Å². The van der Waals surface area contributed by atoms with Gasteiger partial charge in [-0.1, -0.05) is 48.5 Å². The quantitative estimate of drug-likeness (QED) is 0.355. The fourth-order valence-corrected chi connectivity index (χ4v) is 4.43. The lowest BCUT2D eigenvalue weighted by atomic mass is 10.0. The molecule has 0 aliphatic rings. The van der Waals surface area contributed by atoms with E-state index in [9.17, 15) is 4.79 Å². The topological polar surface area (TPSA) is 69.5 Å². The maximum Gasteiger partial charge on any atom is 0.261 e. The summed E-state index contributed by atoms with van der Waals surface area (Å²) in [4.78, 5) is 20.0. The second-order valence-corrected chi connectivity index (χ2v) is 8.87. The minimum absolute atomic E-state index is 0.0749. The molecule has 0 radical (unpaired) electrons. The summed E-state index contributed by atoms with van der Waals surface area (Å²) in [5.74, 6) is 1.15. The van der Waals surface area contributed by atoms with E-state index in [-0.39, 0.29) is 18.6 Å². The fraction of sp³-hybridized carbons (Fsp3) is 0.321. The molecule has 182 valence electrons. The highest BCUT2D eigenvalue weighted by Gasteiger charge is 2.24. The predicted octanol–water partition coefficient (Wildman–Crippen LogP) is 4.63. The molecule has 4 aromatic rings. The van der Waals surface area contributed by atoms with Crippen LogP contribution in [0.5, 0.6) is 11.6 Å². The van der Waals surface area contributed by atoms with Gasteiger partial charge in [0.1, 0.15) is 5.75 Å². The van der Waals surface area contributed by atoms with Crippen LogP contribution in [0.4, 0.5) is 0 Å². The molecule has 2 heterocycles. The number of aryl methyl sites for hydroxylation is 3. The molecule has 7 heteroatoms. The molecule has 0 aliphatic heterocycles. The molecule has 2 aromatic carbocycles. The molecule has 0 aliphatic carbocycles. The van der Waals surface area contributed by atoms with E-state index >= 15 is 0 Å². The van der Waals surface area contributed by atoms with Crippen molar-refractivity contribution >= 4 is 16.9 Å². The van der Waals surface area contributed by atoms with Crippen LogP contribution in [-0.2, 0) is 24.8 Å². The Bertz CT molecular complexity index is 1320. The lowest BCUT2D eigenvalue weighted by Gasteiger charge is -2.30. The molecule has 4 rings (SSSR count). The number of benzene rings is 2. The van der Waals surface area contributed by atoms with Crippen molar-refractivity contribution in [3.63, 3.8) is 0 Å². The Morgan fingerprint density at radius 1 is 1.09 bits per heavy atom. The summed E-state index contributed by atoms with van der Waals surface area (Å²) in [7, 11) is 3.50. The smallest absolute Gasteiger partial charge is 0.261 e. The molecular formula is C28H32N4O3. The van der Waals surface area contributed by atoms with Crippen molar-refractivity contribution in [2.24, 2.45) is 7.05 Å². The first-order chi connectivity index (χ1) is 16.9. The first kappa shape index (κ1) is 24.3. The highest BCUT2D eigenvalue weighted by Crippen LogP contribution is 2.27. The summed E-state index contributed by atoms with van der Waals surface area (Å²) >= 11 is 0. The van der Waals surface area contributed by atoms with E-state index in [1.165, 1.54) is 0 Å². The fourth-order valence-electron chi connectivity index (χ4n) is 4.43. The summed E-state index contributed by atoms with van der Waals surface area (Å²) in [6.07, 6.45) is 0.664. The summed E-state index contributed by atoms with van der Waals surface area (Å²) in [5.41, 5.74) is 4.80. The number of carbonyl (C=O) groups excluding carboxylic acids is 1. The van der Waals surface area contributed by atoms with Crippen LogP contribution in [0.3, 0.4) is 0 Å². The third-order valence-corrected chi connectivity index (χ3v) is 6.18. The van der Waals surface area contributed by atoms with Gasteiger partial charge in [0.15, 0.2) is 12.3 Å². The van der Waals surface area contributed by atoms with Gasteiger partial charge in [0, 0.05) is 25.3 Å². The summed E-state index contributed by atoms with van der Waals surface area (Å²) in [5, 5.41) is 5.32. The lowest BCUT2D eigenvalue weighted by molar-refractivity contribution is -0.136. The van der Waals surface area contributed by atoms with Gasteiger partial charge < -0.3 is 14.4 Å². The number of fused-ring (bicyclic) bond motifs is 1. The van der Waals surface area contributed by atoms with Crippen LogP contribution >= 0.6 is 0 Å². The Morgan fingerprint density at radius 2 is 1.80 bits per heavy atom. The van der Waals surface area contributed by atoms with Crippen molar-refractivity contribution in [3.05, 3.63) is 83.0 Å². The number of pyridine rings is 1. The molecule has 0 saturated heterocycles. The number of rotatable bonds is 9. The molecule has 0 bridgehead atoms. The zero-order valence-corrected chi connectivity index (χ0v) is 21.0. The van der Waals surface area contributed by atoms with Crippen LogP contribution in [0.2, 0.25) is 0 Å². The number of methoxy groups -OCH3 is 1. The molecule has 0 spiro atoms. The molecule has 35 heavy (non-hydrogen) atoms. The molecule has 0 saturated carbocycles. The lowest BCUT2D eigenvalue weighted by Crippen LogP contribution is -2.42. The van der Waals surface area contributed by atoms with Gasteiger partial charge in [-0.3, -0.25) is 4.79 Å². The highest BCUT2D eigenvalue weighted by molar-refractivity contribution is 5.86. The first-order valence-corrected chi connectivity index (χ1v) is 11.8. The number of carbonyl (C=O) groups is 1. The first-order valence-electron chi connectivity index (χ1n) is 11.8. The van der Waals surface area contributed by atoms with Crippen LogP contribution in [0, 0.1) is 13.8 Å². The van der Waals surface area contributed by atoms with Crippen LogP contribution in [0.1, 0.15) is 29.3 Å². The van der Waals surface area contributed by atoms with Crippen molar-refractivity contribution in [1.82, 2.24) is 19.7 Å². The summed E-state index contributed by atoms with van der Waals surface area (Å²) in [6.45, 7) is 6.39. The minimum Gasteiger partial charge on any atom is -0.496 e. The Hall–Kier alpha value is -3.87. The van der Waals surface area contributed by atoms with Gasteiger partial charge in [-0.2, -0.15) is 0 Å². The van der Waals surface area contributed by atoms with Gasteiger partial charge >= 0.3 is 0 Å².